The van der Waals surface area contributed by atoms with Crippen LogP contribution in [0.25, 0.3) is 5.57 Å². The van der Waals surface area contributed by atoms with E-state index in [4.69, 9.17) is 5.90 Å². The van der Waals surface area contributed by atoms with Crippen molar-refractivity contribution >= 4 is 29.7 Å². The van der Waals surface area contributed by atoms with Crippen LogP contribution in [0.5, 0.6) is 0 Å². The van der Waals surface area contributed by atoms with Crippen LogP contribution < -0.4 is 5.90 Å². The second-order valence-corrected chi connectivity index (χ2v) is 7.15. The monoisotopic (exact) mass is 350 g/mol. The van der Waals surface area contributed by atoms with E-state index in [0.29, 0.717) is 18.6 Å². The topological polar surface area (TPSA) is 72.6 Å². The van der Waals surface area contributed by atoms with Crippen LogP contribution in [0.2, 0.25) is 0 Å². The molecule has 1 aromatic carbocycles. The SMILES string of the molecule is C=C(C)c1cccc(C(C)(C)N(C=O)[C@@H](CCSC)C(=O)ON)c1. The largest absolute Gasteiger partial charge is 0.372 e. The quantitative estimate of drug-likeness (QED) is 0.547. The van der Waals surface area contributed by atoms with Gasteiger partial charge in [-0.15, -0.1) is 0 Å². The van der Waals surface area contributed by atoms with Gasteiger partial charge in [-0.1, -0.05) is 30.4 Å². The summed E-state index contributed by atoms with van der Waals surface area (Å²) >= 11 is 1.60. The fraction of sp³-hybridized carbons (Fsp3) is 0.444. The van der Waals surface area contributed by atoms with Gasteiger partial charge in [-0.3, -0.25) is 4.79 Å². The highest BCUT2D eigenvalue weighted by Crippen LogP contribution is 2.31. The molecule has 0 bridgehead atoms. The van der Waals surface area contributed by atoms with Gasteiger partial charge in [-0.2, -0.15) is 17.7 Å². The molecule has 0 radical (unpaired) electrons. The molecule has 1 rings (SSSR count). The Balaban J connectivity index is 3.27. The third-order valence-corrected chi connectivity index (χ3v) is 4.78. The minimum absolute atomic E-state index is 0.472. The molecule has 0 aliphatic heterocycles. The lowest BCUT2D eigenvalue weighted by Crippen LogP contribution is -2.51. The predicted molar refractivity (Wildman–Crippen MR) is 99.1 cm³/mol. The first-order chi connectivity index (χ1) is 11.3. The lowest BCUT2D eigenvalue weighted by atomic mass is 9.88. The molecule has 5 nitrogen and oxygen atoms in total. The van der Waals surface area contributed by atoms with Crippen LogP contribution in [-0.4, -0.2) is 35.3 Å². The van der Waals surface area contributed by atoms with Gasteiger partial charge in [0.15, 0.2) is 0 Å². The summed E-state index contributed by atoms with van der Waals surface area (Å²) in [4.78, 5) is 29.8. The molecular weight excluding hydrogens is 324 g/mol. The van der Waals surface area contributed by atoms with Crippen molar-refractivity contribution < 1.29 is 14.4 Å². The van der Waals surface area contributed by atoms with E-state index in [-0.39, 0.29) is 0 Å². The van der Waals surface area contributed by atoms with E-state index >= 15 is 0 Å². The summed E-state index contributed by atoms with van der Waals surface area (Å²) in [5, 5.41) is 0. The van der Waals surface area contributed by atoms with Crippen LogP contribution in [0, 0.1) is 0 Å². The molecular formula is C18H26N2O3S. The number of nitrogens with zero attached hydrogens (tertiary/aromatic N) is 1. The van der Waals surface area contributed by atoms with Gasteiger partial charge in [0, 0.05) is 0 Å². The normalized spacial score (nSPS) is 12.4. The molecule has 0 aromatic heterocycles. The zero-order valence-electron chi connectivity index (χ0n) is 14.7. The van der Waals surface area contributed by atoms with Crippen molar-refractivity contribution in [3.05, 3.63) is 42.0 Å². The molecule has 0 aliphatic carbocycles. The molecule has 0 fully saturated rings. The average Bonchev–Trinajstić information content (AvgIpc) is 2.57. The highest BCUT2D eigenvalue weighted by Gasteiger charge is 2.37. The van der Waals surface area contributed by atoms with E-state index < -0.39 is 17.6 Å². The van der Waals surface area contributed by atoms with Crippen LogP contribution >= 0.6 is 11.8 Å². The first-order valence-electron chi connectivity index (χ1n) is 7.69. The number of nitrogens with two attached hydrogens (primary N) is 1. The molecule has 6 heteroatoms. The van der Waals surface area contributed by atoms with Gasteiger partial charge in [-0.05, 0) is 56.4 Å². The van der Waals surface area contributed by atoms with Crippen molar-refractivity contribution in [2.45, 2.75) is 38.8 Å². The molecule has 0 spiro atoms. The van der Waals surface area contributed by atoms with Crippen LogP contribution in [0.1, 0.15) is 38.3 Å². The van der Waals surface area contributed by atoms with Crippen LogP contribution in [0.4, 0.5) is 0 Å². The zero-order chi connectivity index (χ0) is 18.3. The number of benzene rings is 1. The fourth-order valence-electron chi connectivity index (χ4n) is 2.59. The van der Waals surface area contributed by atoms with Crippen LogP contribution in [0.15, 0.2) is 30.8 Å². The molecule has 0 aliphatic rings. The van der Waals surface area contributed by atoms with Crippen molar-refractivity contribution in [2.24, 2.45) is 5.90 Å². The minimum atomic E-state index is -0.733. The molecule has 1 atom stereocenters. The maximum absolute atomic E-state index is 12.1. The molecule has 0 unspecified atom stereocenters. The van der Waals surface area contributed by atoms with Crippen molar-refractivity contribution in [3.8, 4) is 0 Å². The van der Waals surface area contributed by atoms with E-state index in [9.17, 15) is 9.59 Å². The molecule has 24 heavy (non-hydrogen) atoms. The van der Waals surface area contributed by atoms with E-state index in [1.165, 1.54) is 4.90 Å². The standard InChI is InChI=1S/C18H26N2O3S/c1-13(2)14-7-6-8-15(11-14)18(3,4)20(12-21)16(9-10-24-5)17(22)23-19/h6-8,11-12,16H,1,9-10,19H2,2-5H3/t16-/m0/s1. The molecule has 1 aromatic rings. The molecule has 1 amide bonds. The smallest absolute Gasteiger partial charge is 0.347 e. The Morgan fingerprint density at radius 1 is 1.50 bits per heavy atom. The van der Waals surface area contributed by atoms with Crippen molar-refractivity contribution in [2.75, 3.05) is 12.0 Å². The summed E-state index contributed by atoms with van der Waals surface area (Å²) in [7, 11) is 0. The van der Waals surface area contributed by atoms with E-state index in [0.717, 1.165) is 16.7 Å². The van der Waals surface area contributed by atoms with E-state index in [1.54, 1.807) is 11.8 Å². The second-order valence-electron chi connectivity index (χ2n) is 6.17. The molecule has 0 saturated heterocycles. The maximum atomic E-state index is 12.1. The maximum Gasteiger partial charge on any atom is 0.347 e. The van der Waals surface area contributed by atoms with E-state index in [2.05, 4.69) is 11.4 Å². The minimum Gasteiger partial charge on any atom is -0.372 e. The summed E-state index contributed by atoms with van der Waals surface area (Å²) in [5.74, 6) is 5.18. The van der Waals surface area contributed by atoms with Gasteiger partial charge in [0.05, 0.1) is 5.54 Å². The number of carbonyl (C=O) groups is 2. The predicted octanol–water partition coefficient (Wildman–Crippen LogP) is 2.95. The Kier molecular flexibility index (Phi) is 7.51. The van der Waals surface area contributed by atoms with Crippen molar-refractivity contribution in [1.29, 1.82) is 0 Å². The highest BCUT2D eigenvalue weighted by atomic mass is 32.2. The summed E-state index contributed by atoms with van der Waals surface area (Å²) in [6, 6.07) is 7.07. The summed E-state index contributed by atoms with van der Waals surface area (Å²) in [6.45, 7) is 9.68. The lowest BCUT2D eigenvalue weighted by molar-refractivity contribution is -0.156. The van der Waals surface area contributed by atoms with Gasteiger partial charge in [0.2, 0.25) is 6.41 Å². The molecule has 2 N–H and O–H groups in total. The fourth-order valence-corrected chi connectivity index (χ4v) is 3.05. The Bertz CT molecular complexity index is 602. The van der Waals surface area contributed by atoms with Gasteiger partial charge in [-0.25, -0.2) is 4.79 Å². The number of carbonyl (C=O) groups excluding carboxylic acids is 2. The summed E-state index contributed by atoms with van der Waals surface area (Å²) in [6.07, 6.45) is 3.10. The van der Waals surface area contributed by atoms with Crippen LogP contribution in [0.3, 0.4) is 0 Å². The summed E-state index contributed by atoms with van der Waals surface area (Å²) in [5.41, 5.74) is 2.14. The lowest BCUT2D eigenvalue weighted by Gasteiger charge is -2.40. The average molecular weight is 350 g/mol. The van der Waals surface area contributed by atoms with Crippen molar-refractivity contribution in [1.82, 2.24) is 4.90 Å². The first-order valence-corrected chi connectivity index (χ1v) is 9.08. The number of allylic oxidation sites excluding steroid dienone is 1. The van der Waals surface area contributed by atoms with Gasteiger partial charge in [0.1, 0.15) is 6.04 Å². The number of hydrogen-bond acceptors (Lipinski definition) is 5. The second kappa shape index (κ2) is 8.89. The third kappa shape index (κ3) is 4.61. The molecule has 0 saturated carbocycles. The molecule has 132 valence electrons. The van der Waals surface area contributed by atoms with Crippen LogP contribution in [-0.2, 0) is 20.0 Å². The van der Waals surface area contributed by atoms with Gasteiger partial charge < -0.3 is 9.74 Å². The summed E-state index contributed by atoms with van der Waals surface area (Å²) < 4.78 is 0. The number of thioether (sulfide) groups is 1. The number of hydrogen-bond donors (Lipinski definition) is 1. The Morgan fingerprint density at radius 2 is 2.17 bits per heavy atom. The highest BCUT2D eigenvalue weighted by molar-refractivity contribution is 7.98. The van der Waals surface area contributed by atoms with E-state index in [1.807, 2.05) is 51.3 Å². The van der Waals surface area contributed by atoms with Gasteiger partial charge >= 0.3 is 5.97 Å². The first kappa shape index (κ1) is 20.3. The molecule has 0 heterocycles. The zero-order valence-corrected chi connectivity index (χ0v) is 15.6. The van der Waals surface area contributed by atoms with Gasteiger partial charge in [0.25, 0.3) is 0 Å². The Hall–Kier alpha value is -1.79. The third-order valence-electron chi connectivity index (χ3n) is 4.14. The Morgan fingerprint density at radius 3 is 2.67 bits per heavy atom. The van der Waals surface area contributed by atoms with Crippen molar-refractivity contribution in [3.63, 3.8) is 0 Å². The number of amides is 1. The Labute approximate surface area is 148 Å². The number of rotatable bonds is 9.